The first kappa shape index (κ1) is 6.30. The van der Waals surface area contributed by atoms with Crippen molar-refractivity contribution in [3.63, 3.8) is 0 Å². The number of halogens is 1. The molecule has 0 bridgehead atoms. The summed E-state index contributed by atoms with van der Waals surface area (Å²) < 4.78 is 3.64. The molecule has 0 saturated carbocycles. The summed E-state index contributed by atoms with van der Waals surface area (Å²) in [6, 6.07) is 0. The summed E-state index contributed by atoms with van der Waals surface area (Å²) in [7, 11) is 0. The highest BCUT2D eigenvalue weighted by Gasteiger charge is 2.21. The minimum Gasteiger partial charge on any atom is -0.281 e. The molecule has 0 heterocycles. The molecule has 0 aliphatic rings. The maximum atomic E-state index is 9.75. The van der Waals surface area contributed by atoms with E-state index in [4.69, 9.17) is 0 Å². The molecule has 0 aromatic rings. The Morgan fingerprint density at radius 2 is 2.00 bits per heavy atom. The molecule has 0 rings (SSSR count). The third kappa shape index (κ3) is 2.05. The average molecular weight is 121 g/mol. The first-order valence-electron chi connectivity index (χ1n) is 1.34. The van der Waals surface area contributed by atoms with Crippen LogP contribution < -0.4 is 0 Å². The largest absolute Gasteiger partial charge is 0.665 e. The molecule has 0 aliphatic carbocycles. The molecule has 0 atom stereocenters. The summed E-state index contributed by atoms with van der Waals surface area (Å²) >= 11 is 4.57. The summed E-state index contributed by atoms with van der Waals surface area (Å²) in [6.07, 6.45) is 0. The van der Waals surface area contributed by atoms with Crippen molar-refractivity contribution in [2.24, 2.45) is 0 Å². The summed E-state index contributed by atoms with van der Waals surface area (Å²) in [5.41, 5.74) is 0. The van der Waals surface area contributed by atoms with Crippen molar-refractivity contribution < 1.29 is 14.0 Å². The van der Waals surface area contributed by atoms with Crippen molar-refractivity contribution >= 4 is 29.6 Å². The van der Waals surface area contributed by atoms with Crippen molar-refractivity contribution in [3.05, 3.63) is 0 Å². The molecule has 0 fully saturated rings. The van der Waals surface area contributed by atoms with Gasteiger partial charge in [0.15, 0.2) is 6.79 Å². The van der Waals surface area contributed by atoms with Crippen LogP contribution in [0.15, 0.2) is 0 Å². The molecule has 0 amide bonds. The minimum atomic E-state index is -1.16. The van der Waals surface area contributed by atoms with Crippen molar-refractivity contribution in [3.8, 4) is 0 Å². The van der Waals surface area contributed by atoms with E-state index in [1.54, 1.807) is 0 Å². The maximum absolute atomic E-state index is 9.75. The van der Waals surface area contributed by atoms with E-state index in [2.05, 4.69) is 22.8 Å². The van der Waals surface area contributed by atoms with Crippen molar-refractivity contribution in [2.75, 3.05) is 0 Å². The Balaban J connectivity index is 3.81. The van der Waals surface area contributed by atoms with Crippen LogP contribution in [0.4, 0.5) is 0 Å². The lowest BCUT2D eigenvalue weighted by Gasteiger charge is -1.60. The zero-order valence-electron chi connectivity index (χ0n) is 3.31. The van der Waals surface area contributed by atoms with Gasteiger partial charge in [0.1, 0.15) is 0 Å². The van der Waals surface area contributed by atoms with Crippen LogP contribution in [0.5, 0.6) is 0 Å². The van der Waals surface area contributed by atoms with Gasteiger partial charge in [0.25, 0.3) is 0 Å². The van der Waals surface area contributed by atoms with E-state index in [1.807, 2.05) is 0 Å². The fraction of sp³-hybridized carbons (Fsp3) is 0. The lowest BCUT2D eigenvalue weighted by atomic mass is 10.8. The molecule has 0 saturated heterocycles. The third-order valence-corrected chi connectivity index (χ3v) is 0.446. The first-order valence-corrected chi connectivity index (χ1v) is 1.72. The molecule has 0 N–H and O–H groups in total. The molecular formula is C3H2ClO3+. The SMILES string of the molecule is C=[O+]C(=O)C(=O)Cl. The molecule has 0 radical (unpaired) electrons. The Bertz CT molecular complexity index is 117. The normalized spacial score (nSPS) is 7.57. The average Bonchev–Trinajstić information content (AvgIpc) is 1.65. The van der Waals surface area contributed by atoms with Crippen LogP contribution in [-0.2, 0) is 14.0 Å². The second-order valence-electron chi connectivity index (χ2n) is 0.705. The van der Waals surface area contributed by atoms with E-state index in [0.717, 1.165) is 0 Å². The third-order valence-electron chi connectivity index (χ3n) is 0.292. The Kier molecular flexibility index (Phi) is 2.22. The fourth-order valence-electron chi connectivity index (χ4n) is 0.0567. The van der Waals surface area contributed by atoms with Gasteiger partial charge >= 0.3 is 11.2 Å². The summed E-state index contributed by atoms with van der Waals surface area (Å²) in [4.78, 5) is 19.4. The molecule has 38 valence electrons. The second-order valence-corrected chi connectivity index (χ2v) is 1.05. The van der Waals surface area contributed by atoms with Crippen LogP contribution in [-0.4, -0.2) is 18.0 Å². The Hall–Kier alpha value is -0.700. The topological polar surface area (TPSA) is 45.4 Å². The van der Waals surface area contributed by atoms with Gasteiger partial charge in [-0.05, 0) is 11.6 Å². The smallest absolute Gasteiger partial charge is 0.281 e. The van der Waals surface area contributed by atoms with Crippen LogP contribution in [0.3, 0.4) is 0 Å². The molecule has 0 aromatic carbocycles. The van der Waals surface area contributed by atoms with Gasteiger partial charge in [0.05, 0.1) is 4.79 Å². The molecule has 7 heavy (non-hydrogen) atoms. The van der Waals surface area contributed by atoms with Crippen molar-refractivity contribution in [1.29, 1.82) is 0 Å². The van der Waals surface area contributed by atoms with E-state index in [1.165, 1.54) is 0 Å². The highest BCUT2D eigenvalue weighted by molar-refractivity contribution is 6.79. The molecule has 0 aromatic heterocycles. The van der Waals surface area contributed by atoms with Gasteiger partial charge in [-0.15, -0.1) is 0 Å². The second kappa shape index (κ2) is 2.47. The predicted octanol–water partition coefficient (Wildman–Crippen LogP) is -0.357. The predicted molar refractivity (Wildman–Crippen MR) is 23.0 cm³/mol. The van der Waals surface area contributed by atoms with Gasteiger partial charge in [0.2, 0.25) is 0 Å². The molecule has 4 heteroatoms. The standard InChI is InChI=1S/C3H2ClO3/c1-7-3(6)2(4)5/h1H2/q+1. The van der Waals surface area contributed by atoms with Gasteiger partial charge in [-0.1, -0.05) is 0 Å². The summed E-state index contributed by atoms with van der Waals surface area (Å²) in [6.45, 7) is 2.65. The van der Waals surface area contributed by atoms with Crippen LogP contribution in [0.25, 0.3) is 0 Å². The van der Waals surface area contributed by atoms with Crippen LogP contribution >= 0.6 is 11.6 Å². The van der Waals surface area contributed by atoms with Gasteiger partial charge < -0.3 is 0 Å². The number of carbonyl (C=O) groups excluding carboxylic acids is 3. The lowest BCUT2D eigenvalue weighted by Crippen LogP contribution is -2.04. The molecule has 0 aliphatic heterocycles. The van der Waals surface area contributed by atoms with E-state index < -0.39 is 11.2 Å². The maximum Gasteiger partial charge on any atom is 0.665 e. The molecule has 0 unspecified atom stereocenters. The minimum absolute atomic E-state index is 1.14. The van der Waals surface area contributed by atoms with Gasteiger partial charge in [-0.2, -0.15) is 0 Å². The Morgan fingerprint density at radius 1 is 1.57 bits per heavy atom. The van der Waals surface area contributed by atoms with Gasteiger partial charge in [0, 0.05) is 0 Å². The number of hydrogen-bond donors (Lipinski definition) is 0. The molecule has 0 spiro atoms. The Morgan fingerprint density at radius 3 is 2.00 bits per heavy atom. The first-order chi connectivity index (χ1) is 3.18. The zero-order valence-corrected chi connectivity index (χ0v) is 4.07. The highest BCUT2D eigenvalue weighted by Crippen LogP contribution is 1.76. The van der Waals surface area contributed by atoms with Crippen LogP contribution in [0, 0.1) is 0 Å². The fourth-order valence-corrected chi connectivity index (χ4v) is 0.111. The highest BCUT2D eigenvalue weighted by atomic mass is 35.5. The van der Waals surface area contributed by atoms with Gasteiger partial charge in [-0.3, -0.25) is 9.22 Å². The number of hydrogen-bond acceptors (Lipinski definition) is 2. The van der Waals surface area contributed by atoms with E-state index in [9.17, 15) is 9.59 Å². The van der Waals surface area contributed by atoms with Crippen molar-refractivity contribution in [2.45, 2.75) is 0 Å². The van der Waals surface area contributed by atoms with Gasteiger partial charge in [-0.25, -0.2) is 0 Å². The molecular weight excluding hydrogens is 119 g/mol. The summed E-state index contributed by atoms with van der Waals surface area (Å²) in [5, 5.41) is -1.16. The summed E-state index contributed by atoms with van der Waals surface area (Å²) in [5.74, 6) is -1.14. The number of carbonyl (C=O) groups is 2. The monoisotopic (exact) mass is 121 g/mol. The van der Waals surface area contributed by atoms with Crippen LogP contribution in [0.1, 0.15) is 0 Å². The van der Waals surface area contributed by atoms with E-state index >= 15 is 0 Å². The molecule has 3 nitrogen and oxygen atoms in total. The van der Waals surface area contributed by atoms with E-state index in [-0.39, 0.29) is 0 Å². The van der Waals surface area contributed by atoms with E-state index in [0.29, 0.717) is 0 Å². The van der Waals surface area contributed by atoms with Crippen molar-refractivity contribution in [1.82, 2.24) is 0 Å². The quantitative estimate of drug-likeness (QED) is 0.270. The zero-order chi connectivity index (χ0) is 5.86. The lowest BCUT2D eigenvalue weighted by molar-refractivity contribution is -0.361. The number of rotatable bonds is 1. The Labute approximate surface area is 44.6 Å². The van der Waals surface area contributed by atoms with Crippen LogP contribution in [0.2, 0.25) is 0 Å².